The minimum absolute atomic E-state index is 0.330. The lowest BCUT2D eigenvalue weighted by atomic mass is 10.3. The van der Waals surface area contributed by atoms with Crippen LogP contribution in [0.15, 0.2) is 24.8 Å². The minimum Gasteiger partial charge on any atom is -0.352 e. The SMILES string of the molecule is Cc1nc2cncc(N3CCN(c4cnc(C#N)cn4)CC3)n2n1. The summed E-state index contributed by atoms with van der Waals surface area (Å²) in [5.41, 5.74) is 1.09. The summed E-state index contributed by atoms with van der Waals surface area (Å²) in [6.45, 7) is 5.14. The molecule has 0 unspecified atom stereocenters. The van der Waals surface area contributed by atoms with Crippen LogP contribution in [0.5, 0.6) is 0 Å². The molecule has 1 aliphatic heterocycles. The first-order chi connectivity index (χ1) is 11.7. The Hall–Kier alpha value is -3.28. The highest BCUT2D eigenvalue weighted by atomic mass is 15.4. The first-order valence-corrected chi connectivity index (χ1v) is 7.64. The zero-order valence-electron chi connectivity index (χ0n) is 13.2. The molecule has 9 nitrogen and oxygen atoms in total. The van der Waals surface area contributed by atoms with Gasteiger partial charge in [-0.15, -0.1) is 5.10 Å². The molecule has 0 N–H and O–H groups in total. The first-order valence-electron chi connectivity index (χ1n) is 7.64. The third kappa shape index (κ3) is 2.48. The van der Waals surface area contributed by atoms with Gasteiger partial charge in [0, 0.05) is 26.2 Å². The van der Waals surface area contributed by atoms with Crippen LogP contribution in [0.3, 0.4) is 0 Å². The van der Waals surface area contributed by atoms with E-state index in [2.05, 4.69) is 34.8 Å². The van der Waals surface area contributed by atoms with Gasteiger partial charge in [0.2, 0.25) is 0 Å². The average Bonchev–Trinajstić information content (AvgIpc) is 3.02. The zero-order valence-corrected chi connectivity index (χ0v) is 13.2. The predicted octanol–water partition coefficient (Wildman–Crippen LogP) is 0.421. The summed E-state index contributed by atoms with van der Waals surface area (Å²) in [4.78, 5) is 21.4. The van der Waals surface area contributed by atoms with Gasteiger partial charge in [-0.25, -0.2) is 15.0 Å². The fourth-order valence-corrected chi connectivity index (χ4v) is 2.83. The number of hydrogen-bond donors (Lipinski definition) is 0. The van der Waals surface area contributed by atoms with Crippen molar-refractivity contribution in [1.29, 1.82) is 5.26 Å². The number of aromatic nitrogens is 6. The number of nitriles is 1. The van der Waals surface area contributed by atoms with E-state index in [9.17, 15) is 0 Å². The molecule has 0 aliphatic carbocycles. The molecule has 4 rings (SSSR count). The lowest BCUT2D eigenvalue weighted by Gasteiger charge is -2.36. The van der Waals surface area contributed by atoms with E-state index in [4.69, 9.17) is 5.26 Å². The van der Waals surface area contributed by atoms with E-state index >= 15 is 0 Å². The number of hydrogen-bond acceptors (Lipinski definition) is 8. The van der Waals surface area contributed by atoms with E-state index in [1.165, 1.54) is 6.20 Å². The van der Waals surface area contributed by atoms with Crippen molar-refractivity contribution in [1.82, 2.24) is 29.5 Å². The molecule has 9 heteroatoms. The van der Waals surface area contributed by atoms with E-state index in [1.807, 2.05) is 23.7 Å². The number of fused-ring (bicyclic) bond motifs is 1. The zero-order chi connectivity index (χ0) is 16.5. The number of piperazine rings is 1. The maximum atomic E-state index is 8.80. The van der Waals surface area contributed by atoms with Crippen molar-refractivity contribution in [3.8, 4) is 6.07 Å². The summed E-state index contributed by atoms with van der Waals surface area (Å²) in [7, 11) is 0. The molecule has 0 atom stereocenters. The highest BCUT2D eigenvalue weighted by molar-refractivity contribution is 5.49. The fraction of sp³-hybridized carbons (Fsp3) is 0.333. The largest absolute Gasteiger partial charge is 0.352 e. The quantitative estimate of drug-likeness (QED) is 0.669. The molecule has 0 saturated carbocycles. The maximum Gasteiger partial charge on any atom is 0.176 e. The Labute approximate surface area is 138 Å². The fourth-order valence-electron chi connectivity index (χ4n) is 2.83. The van der Waals surface area contributed by atoms with Crippen LogP contribution in [0.1, 0.15) is 11.5 Å². The first kappa shape index (κ1) is 14.3. The molecule has 0 aromatic carbocycles. The standard InChI is InChI=1S/C15H15N9/c1-11-20-14-8-17-10-15(24(14)21-11)23-4-2-22(3-5-23)13-9-18-12(6-16)7-19-13/h7-10H,2-5H2,1H3. The number of nitrogens with zero attached hydrogens (tertiary/aromatic N) is 9. The lowest BCUT2D eigenvalue weighted by molar-refractivity contribution is 0.631. The smallest absolute Gasteiger partial charge is 0.176 e. The molecule has 3 aromatic rings. The molecule has 0 spiro atoms. The number of anilines is 2. The Bertz CT molecular complexity index is 901. The van der Waals surface area contributed by atoms with Crippen LogP contribution in [-0.2, 0) is 0 Å². The van der Waals surface area contributed by atoms with Crippen LogP contribution < -0.4 is 9.80 Å². The molecular weight excluding hydrogens is 306 g/mol. The van der Waals surface area contributed by atoms with Crippen molar-refractivity contribution in [2.24, 2.45) is 0 Å². The third-order valence-electron chi connectivity index (χ3n) is 4.02. The molecular formula is C15H15N9. The van der Waals surface area contributed by atoms with Gasteiger partial charge in [-0.3, -0.25) is 4.98 Å². The van der Waals surface area contributed by atoms with Crippen molar-refractivity contribution in [3.05, 3.63) is 36.3 Å². The third-order valence-corrected chi connectivity index (χ3v) is 4.02. The topological polar surface area (TPSA) is 99.1 Å². The van der Waals surface area contributed by atoms with E-state index in [-0.39, 0.29) is 0 Å². The van der Waals surface area contributed by atoms with Crippen molar-refractivity contribution in [2.45, 2.75) is 6.92 Å². The van der Waals surface area contributed by atoms with Crippen LogP contribution in [0.25, 0.3) is 5.65 Å². The molecule has 4 heterocycles. The molecule has 0 amide bonds. The molecule has 0 radical (unpaired) electrons. The molecule has 120 valence electrons. The Morgan fingerprint density at radius 3 is 2.50 bits per heavy atom. The van der Waals surface area contributed by atoms with Gasteiger partial charge in [0.25, 0.3) is 0 Å². The Balaban J connectivity index is 1.52. The summed E-state index contributed by atoms with van der Waals surface area (Å²) >= 11 is 0. The second kappa shape index (κ2) is 5.73. The van der Waals surface area contributed by atoms with Crippen molar-refractivity contribution in [3.63, 3.8) is 0 Å². The molecule has 0 bridgehead atoms. The van der Waals surface area contributed by atoms with E-state index in [0.717, 1.165) is 49.3 Å². The summed E-state index contributed by atoms with van der Waals surface area (Å²) in [5.74, 6) is 2.47. The van der Waals surface area contributed by atoms with Gasteiger partial charge in [0.15, 0.2) is 17.2 Å². The maximum absolute atomic E-state index is 8.80. The second-order valence-corrected chi connectivity index (χ2v) is 5.54. The summed E-state index contributed by atoms with van der Waals surface area (Å²) in [5, 5.41) is 13.2. The highest BCUT2D eigenvalue weighted by Crippen LogP contribution is 2.18. The minimum atomic E-state index is 0.330. The van der Waals surface area contributed by atoms with Crippen LogP contribution in [0.4, 0.5) is 11.6 Å². The van der Waals surface area contributed by atoms with Gasteiger partial charge in [-0.2, -0.15) is 9.78 Å². The van der Waals surface area contributed by atoms with E-state index < -0.39 is 0 Å². The Kier molecular flexibility index (Phi) is 3.42. The Morgan fingerprint density at radius 1 is 1.00 bits per heavy atom. The predicted molar refractivity (Wildman–Crippen MR) is 86.7 cm³/mol. The van der Waals surface area contributed by atoms with Gasteiger partial charge < -0.3 is 9.80 Å². The van der Waals surface area contributed by atoms with Gasteiger partial charge >= 0.3 is 0 Å². The van der Waals surface area contributed by atoms with Gasteiger partial charge in [-0.1, -0.05) is 0 Å². The summed E-state index contributed by atoms with van der Waals surface area (Å²) < 4.78 is 1.83. The number of aryl methyl sites for hydroxylation is 1. The molecule has 1 fully saturated rings. The normalized spacial score (nSPS) is 14.8. The van der Waals surface area contributed by atoms with Crippen LogP contribution in [0.2, 0.25) is 0 Å². The molecule has 3 aromatic heterocycles. The van der Waals surface area contributed by atoms with Gasteiger partial charge in [0.1, 0.15) is 17.7 Å². The summed E-state index contributed by atoms with van der Waals surface area (Å²) in [6, 6.07) is 1.98. The molecule has 1 saturated heterocycles. The Morgan fingerprint density at radius 2 is 1.79 bits per heavy atom. The molecule has 1 aliphatic rings. The summed E-state index contributed by atoms with van der Waals surface area (Å²) in [6.07, 6.45) is 6.69. The van der Waals surface area contributed by atoms with Crippen molar-refractivity contribution in [2.75, 3.05) is 36.0 Å². The van der Waals surface area contributed by atoms with E-state index in [1.54, 1.807) is 12.4 Å². The number of rotatable bonds is 2. The highest BCUT2D eigenvalue weighted by Gasteiger charge is 2.21. The van der Waals surface area contributed by atoms with Crippen LogP contribution >= 0.6 is 0 Å². The van der Waals surface area contributed by atoms with Crippen LogP contribution in [-0.4, -0.2) is 55.7 Å². The van der Waals surface area contributed by atoms with Crippen molar-refractivity contribution >= 4 is 17.3 Å². The van der Waals surface area contributed by atoms with Gasteiger partial charge in [-0.05, 0) is 6.92 Å². The average molecular weight is 321 g/mol. The van der Waals surface area contributed by atoms with Crippen LogP contribution in [0, 0.1) is 18.3 Å². The lowest BCUT2D eigenvalue weighted by Crippen LogP contribution is -2.47. The second-order valence-electron chi connectivity index (χ2n) is 5.54. The van der Waals surface area contributed by atoms with E-state index in [0.29, 0.717) is 5.69 Å². The monoisotopic (exact) mass is 321 g/mol. The molecule has 24 heavy (non-hydrogen) atoms. The van der Waals surface area contributed by atoms with Gasteiger partial charge in [0.05, 0.1) is 24.8 Å². The van der Waals surface area contributed by atoms with Crippen molar-refractivity contribution < 1.29 is 0 Å².